The van der Waals surface area contributed by atoms with Crippen molar-refractivity contribution in [2.75, 3.05) is 17.1 Å². The predicted octanol–water partition coefficient (Wildman–Crippen LogP) is 4.10. The number of anilines is 1. The minimum absolute atomic E-state index is 0.0329. The maximum absolute atomic E-state index is 13.8. The van der Waals surface area contributed by atoms with Crippen molar-refractivity contribution >= 4 is 27.5 Å². The summed E-state index contributed by atoms with van der Waals surface area (Å²) in [6.07, 6.45) is 2.27. The van der Waals surface area contributed by atoms with Gasteiger partial charge in [0.1, 0.15) is 12.6 Å². The molecule has 192 valence electrons. The van der Waals surface area contributed by atoms with Gasteiger partial charge in [-0.25, -0.2) is 8.42 Å². The zero-order valence-corrected chi connectivity index (χ0v) is 22.8. The highest BCUT2D eigenvalue weighted by molar-refractivity contribution is 7.92. The number of carbonyl (C=O) groups is 2. The Bertz CT molecular complexity index is 1150. The fourth-order valence-electron chi connectivity index (χ4n) is 3.91. The third-order valence-corrected chi connectivity index (χ3v) is 7.43. The van der Waals surface area contributed by atoms with Crippen LogP contribution in [-0.4, -0.2) is 50.0 Å². The Balaban J connectivity index is 2.50. The van der Waals surface area contributed by atoms with Crippen molar-refractivity contribution in [3.63, 3.8) is 0 Å². The molecule has 0 saturated carbocycles. The molecule has 0 aliphatic rings. The van der Waals surface area contributed by atoms with E-state index >= 15 is 0 Å². The third-order valence-electron chi connectivity index (χ3n) is 6.30. The van der Waals surface area contributed by atoms with Gasteiger partial charge in [-0.3, -0.25) is 13.9 Å². The fraction of sp³-hybridized carbons (Fsp3) is 0.481. The molecule has 0 radical (unpaired) electrons. The van der Waals surface area contributed by atoms with Crippen molar-refractivity contribution in [1.29, 1.82) is 0 Å². The molecule has 8 heteroatoms. The molecule has 0 aromatic heterocycles. The molecule has 7 nitrogen and oxygen atoms in total. The Morgan fingerprint density at radius 2 is 1.63 bits per heavy atom. The molecule has 35 heavy (non-hydrogen) atoms. The van der Waals surface area contributed by atoms with Crippen LogP contribution in [0.5, 0.6) is 0 Å². The maximum atomic E-state index is 13.8. The SMILES string of the molecule is CC[C@H](C)NC(=O)[C@H](CC)N(Cc1ccccc1C)C(=O)CN(c1cc(C)ccc1C)S(C)(=O)=O. The molecule has 0 spiro atoms. The van der Waals surface area contributed by atoms with Crippen molar-refractivity contribution < 1.29 is 18.0 Å². The number of nitrogens with zero attached hydrogens (tertiary/aromatic N) is 2. The number of sulfonamides is 1. The molecule has 2 atom stereocenters. The standard InChI is InChI=1S/C27H39N3O4S/c1-8-22(6)28-27(32)24(9-2)29(17-23-13-11-10-12-20(23)4)26(31)18-30(35(7,33)34)25-16-19(3)14-15-21(25)5/h10-16,22,24H,8-9,17-18H2,1-7H3,(H,28,32)/t22-,24-/m0/s1. The predicted molar refractivity (Wildman–Crippen MR) is 142 cm³/mol. The number of carbonyl (C=O) groups excluding carboxylic acids is 2. The van der Waals surface area contributed by atoms with E-state index in [2.05, 4.69) is 5.32 Å². The number of hydrogen-bond acceptors (Lipinski definition) is 4. The Morgan fingerprint density at radius 3 is 2.20 bits per heavy atom. The smallest absolute Gasteiger partial charge is 0.244 e. The molecular formula is C27H39N3O4S. The second-order valence-electron chi connectivity index (χ2n) is 9.25. The minimum atomic E-state index is -3.76. The van der Waals surface area contributed by atoms with E-state index in [9.17, 15) is 18.0 Å². The largest absolute Gasteiger partial charge is 0.352 e. The second kappa shape index (κ2) is 12.2. The fourth-order valence-corrected chi connectivity index (χ4v) is 4.81. The van der Waals surface area contributed by atoms with Crippen molar-refractivity contribution in [3.05, 3.63) is 64.7 Å². The van der Waals surface area contributed by atoms with Crippen molar-refractivity contribution in [1.82, 2.24) is 10.2 Å². The molecule has 0 unspecified atom stereocenters. The van der Waals surface area contributed by atoms with E-state index in [0.717, 1.165) is 39.2 Å². The Labute approximate surface area is 210 Å². The van der Waals surface area contributed by atoms with Gasteiger partial charge in [0.25, 0.3) is 0 Å². The number of rotatable bonds is 11. The summed E-state index contributed by atoms with van der Waals surface area (Å²) in [5.41, 5.74) is 4.02. The van der Waals surface area contributed by atoms with Gasteiger partial charge in [-0.15, -0.1) is 0 Å². The van der Waals surface area contributed by atoms with E-state index in [1.807, 2.05) is 77.9 Å². The van der Waals surface area contributed by atoms with E-state index in [1.54, 1.807) is 6.07 Å². The summed E-state index contributed by atoms with van der Waals surface area (Å²) in [6.45, 7) is 11.2. The number of nitrogens with one attached hydrogen (secondary N) is 1. The van der Waals surface area contributed by atoms with Crippen LogP contribution >= 0.6 is 0 Å². The summed E-state index contributed by atoms with van der Waals surface area (Å²) < 4.78 is 26.7. The van der Waals surface area contributed by atoms with E-state index in [1.165, 1.54) is 4.90 Å². The molecule has 0 aliphatic carbocycles. The van der Waals surface area contributed by atoms with Gasteiger partial charge in [0.05, 0.1) is 11.9 Å². The van der Waals surface area contributed by atoms with Crippen molar-refractivity contribution in [3.8, 4) is 0 Å². The Morgan fingerprint density at radius 1 is 0.971 bits per heavy atom. The van der Waals surface area contributed by atoms with Crippen LogP contribution in [0, 0.1) is 20.8 Å². The van der Waals surface area contributed by atoms with Gasteiger partial charge in [0.2, 0.25) is 21.8 Å². The second-order valence-corrected chi connectivity index (χ2v) is 11.2. The van der Waals surface area contributed by atoms with Crippen LogP contribution in [0.2, 0.25) is 0 Å². The number of hydrogen-bond donors (Lipinski definition) is 1. The molecule has 2 aromatic carbocycles. The molecule has 2 rings (SSSR count). The first-order chi connectivity index (χ1) is 16.4. The summed E-state index contributed by atoms with van der Waals surface area (Å²) in [6, 6.07) is 12.4. The third kappa shape index (κ3) is 7.56. The zero-order chi connectivity index (χ0) is 26.3. The van der Waals surface area contributed by atoms with Gasteiger partial charge in [0, 0.05) is 12.6 Å². The molecule has 1 N–H and O–H groups in total. The van der Waals surface area contributed by atoms with Gasteiger partial charge < -0.3 is 10.2 Å². The van der Waals surface area contributed by atoms with E-state index in [0.29, 0.717) is 12.1 Å². The Hall–Kier alpha value is -2.87. The van der Waals surface area contributed by atoms with Crippen LogP contribution < -0.4 is 9.62 Å². The molecule has 2 aromatic rings. The topological polar surface area (TPSA) is 86.8 Å². The molecule has 0 bridgehead atoms. The maximum Gasteiger partial charge on any atom is 0.244 e. The number of benzene rings is 2. The summed E-state index contributed by atoms with van der Waals surface area (Å²) in [5.74, 6) is -0.660. The van der Waals surface area contributed by atoms with Crippen LogP contribution in [0.1, 0.15) is 55.9 Å². The molecule has 0 fully saturated rings. The quantitative estimate of drug-likeness (QED) is 0.502. The molecular weight excluding hydrogens is 462 g/mol. The van der Waals surface area contributed by atoms with Gasteiger partial charge in [-0.1, -0.05) is 50.2 Å². The first-order valence-electron chi connectivity index (χ1n) is 12.1. The zero-order valence-electron chi connectivity index (χ0n) is 22.0. The first-order valence-corrected chi connectivity index (χ1v) is 13.9. The van der Waals surface area contributed by atoms with Crippen molar-refractivity contribution in [2.45, 2.75) is 73.0 Å². The Kier molecular flexibility index (Phi) is 9.89. The first kappa shape index (κ1) is 28.4. The van der Waals surface area contributed by atoms with Gasteiger partial charge in [0.15, 0.2) is 0 Å². The lowest BCUT2D eigenvalue weighted by atomic mass is 10.1. The minimum Gasteiger partial charge on any atom is -0.352 e. The van der Waals surface area contributed by atoms with E-state index in [4.69, 9.17) is 0 Å². The van der Waals surface area contributed by atoms with Crippen LogP contribution in [0.3, 0.4) is 0 Å². The van der Waals surface area contributed by atoms with Gasteiger partial charge >= 0.3 is 0 Å². The van der Waals surface area contributed by atoms with Gasteiger partial charge in [-0.2, -0.15) is 0 Å². The monoisotopic (exact) mass is 501 g/mol. The normalized spacial score (nSPS) is 13.1. The number of amides is 2. The van der Waals surface area contributed by atoms with Crippen LogP contribution in [0.15, 0.2) is 42.5 Å². The average Bonchev–Trinajstić information content (AvgIpc) is 2.79. The summed E-state index contributed by atoms with van der Waals surface area (Å²) in [4.78, 5) is 28.5. The summed E-state index contributed by atoms with van der Waals surface area (Å²) in [7, 11) is -3.76. The lowest BCUT2D eigenvalue weighted by Crippen LogP contribution is -2.53. The lowest BCUT2D eigenvalue weighted by molar-refractivity contribution is -0.140. The highest BCUT2D eigenvalue weighted by Gasteiger charge is 2.32. The molecule has 2 amide bonds. The molecule has 0 heterocycles. The van der Waals surface area contributed by atoms with Crippen molar-refractivity contribution in [2.24, 2.45) is 0 Å². The van der Waals surface area contributed by atoms with Crippen LogP contribution in [0.4, 0.5) is 5.69 Å². The molecule has 0 aliphatic heterocycles. The highest BCUT2D eigenvalue weighted by Crippen LogP contribution is 2.25. The van der Waals surface area contributed by atoms with E-state index < -0.39 is 22.0 Å². The highest BCUT2D eigenvalue weighted by atomic mass is 32.2. The van der Waals surface area contributed by atoms with Gasteiger partial charge in [-0.05, 0) is 68.9 Å². The molecule has 0 saturated heterocycles. The number of aryl methyl sites for hydroxylation is 3. The van der Waals surface area contributed by atoms with Crippen LogP contribution in [-0.2, 0) is 26.2 Å². The summed E-state index contributed by atoms with van der Waals surface area (Å²) >= 11 is 0. The summed E-state index contributed by atoms with van der Waals surface area (Å²) in [5, 5.41) is 2.98. The average molecular weight is 502 g/mol. The van der Waals surface area contributed by atoms with E-state index in [-0.39, 0.29) is 25.0 Å². The van der Waals surface area contributed by atoms with Crippen LogP contribution in [0.25, 0.3) is 0 Å². The lowest BCUT2D eigenvalue weighted by Gasteiger charge is -2.34.